The number of nitrogens with zero attached hydrogens (tertiary/aromatic N) is 6. The van der Waals surface area contributed by atoms with Gasteiger partial charge in [0.1, 0.15) is 40.4 Å². The van der Waals surface area contributed by atoms with Gasteiger partial charge in [-0.3, -0.25) is 14.7 Å². The molecule has 3 aliphatic rings. The van der Waals surface area contributed by atoms with Gasteiger partial charge in [-0.05, 0) is 44.9 Å². The summed E-state index contributed by atoms with van der Waals surface area (Å²) in [5, 5.41) is 10.1. The topological polar surface area (TPSA) is 130 Å². The summed E-state index contributed by atoms with van der Waals surface area (Å²) >= 11 is 0.913. The fraction of sp³-hybridized carbons (Fsp3) is 0.424. The van der Waals surface area contributed by atoms with E-state index in [1.54, 1.807) is 4.90 Å². The van der Waals surface area contributed by atoms with Crippen LogP contribution in [0.4, 0.5) is 18.2 Å². The van der Waals surface area contributed by atoms with Crippen LogP contribution in [0.3, 0.4) is 0 Å². The molecule has 0 radical (unpaired) electrons. The fourth-order valence-corrected chi connectivity index (χ4v) is 7.51. The van der Waals surface area contributed by atoms with Crippen LogP contribution in [-0.2, 0) is 4.79 Å². The molecule has 6 heterocycles. The monoisotopic (exact) mass is 667 g/mol. The molecule has 4 unspecified atom stereocenters. The number of nitriles is 1. The zero-order chi connectivity index (χ0) is 34.0. The highest BCUT2D eigenvalue weighted by molar-refractivity contribution is 7.23. The van der Waals surface area contributed by atoms with E-state index < -0.39 is 17.8 Å². The SMILES string of the molecule is C=C.COc1nc(OC2CCN(C(C)=O)C2C)c2cnc(-c3ccc(F)c4sc(N)c(C#N)c34)c(F)c2n1.FC1CC2CCCN2C1. The number of pyridine rings is 1. The third kappa shape index (κ3) is 6.42. The number of alkyl halides is 1. The Balaban J connectivity index is 0.000000333. The van der Waals surface area contributed by atoms with E-state index >= 15 is 4.39 Å². The van der Waals surface area contributed by atoms with Crippen molar-refractivity contribution in [2.24, 2.45) is 0 Å². The maximum atomic E-state index is 16.0. The molecule has 1 amide bonds. The lowest BCUT2D eigenvalue weighted by Crippen LogP contribution is -2.38. The van der Waals surface area contributed by atoms with Gasteiger partial charge in [-0.15, -0.1) is 24.5 Å². The fourth-order valence-electron chi connectivity index (χ4n) is 6.56. The highest BCUT2D eigenvalue weighted by Gasteiger charge is 2.36. The largest absolute Gasteiger partial charge is 0.471 e. The first-order valence-corrected chi connectivity index (χ1v) is 16.1. The maximum Gasteiger partial charge on any atom is 0.320 e. The van der Waals surface area contributed by atoms with Gasteiger partial charge in [-0.1, -0.05) is 0 Å². The number of nitrogens with two attached hydrogens (primary N) is 1. The Morgan fingerprint density at radius 3 is 2.64 bits per heavy atom. The van der Waals surface area contributed by atoms with E-state index in [0.29, 0.717) is 25.6 Å². The number of ether oxygens (including phenoxy) is 2. The summed E-state index contributed by atoms with van der Waals surface area (Å²) in [7, 11) is 1.34. The van der Waals surface area contributed by atoms with Crippen molar-refractivity contribution < 1.29 is 27.4 Å². The van der Waals surface area contributed by atoms with Gasteiger partial charge < -0.3 is 20.1 Å². The molecule has 3 saturated heterocycles. The molecule has 4 atom stereocenters. The molecule has 2 N–H and O–H groups in total. The van der Waals surface area contributed by atoms with Crippen molar-refractivity contribution in [3.8, 4) is 29.2 Å². The van der Waals surface area contributed by atoms with E-state index in [0.717, 1.165) is 24.3 Å². The number of amides is 1. The highest BCUT2D eigenvalue weighted by atomic mass is 32.1. The zero-order valence-electron chi connectivity index (χ0n) is 26.4. The van der Waals surface area contributed by atoms with Crippen LogP contribution in [0.2, 0.25) is 0 Å². The first-order valence-electron chi connectivity index (χ1n) is 15.2. The molecule has 14 heteroatoms. The number of benzene rings is 1. The lowest BCUT2D eigenvalue weighted by molar-refractivity contribution is -0.129. The maximum absolute atomic E-state index is 16.0. The van der Waals surface area contributed by atoms with E-state index in [2.05, 4.69) is 33.0 Å². The second-order valence-electron chi connectivity index (χ2n) is 11.5. The third-order valence-electron chi connectivity index (χ3n) is 8.81. The van der Waals surface area contributed by atoms with Crippen LogP contribution in [-0.4, -0.2) is 81.8 Å². The van der Waals surface area contributed by atoms with Crippen LogP contribution < -0.4 is 15.2 Å². The molecule has 7 rings (SSSR count). The quantitative estimate of drug-likeness (QED) is 0.259. The predicted octanol–water partition coefficient (Wildman–Crippen LogP) is 6.03. The number of rotatable bonds is 4. The molecule has 3 fully saturated rings. The molecule has 248 valence electrons. The molecule has 0 spiro atoms. The van der Waals surface area contributed by atoms with Crippen molar-refractivity contribution in [1.82, 2.24) is 24.8 Å². The van der Waals surface area contributed by atoms with E-state index in [4.69, 9.17) is 15.2 Å². The Kier molecular flexibility index (Phi) is 10.2. The van der Waals surface area contributed by atoms with Crippen LogP contribution in [0.5, 0.6) is 11.9 Å². The second-order valence-corrected chi connectivity index (χ2v) is 12.5. The van der Waals surface area contributed by atoms with E-state index in [1.165, 1.54) is 45.2 Å². The van der Waals surface area contributed by atoms with Crippen molar-refractivity contribution >= 4 is 43.2 Å². The minimum absolute atomic E-state index is 0.0559. The molecule has 0 aliphatic carbocycles. The van der Waals surface area contributed by atoms with Gasteiger partial charge in [0, 0.05) is 49.6 Å². The van der Waals surface area contributed by atoms with Crippen molar-refractivity contribution in [2.75, 3.05) is 32.5 Å². The predicted molar refractivity (Wildman–Crippen MR) is 175 cm³/mol. The first kappa shape index (κ1) is 33.9. The van der Waals surface area contributed by atoms with Gasteiger partial charge in [-0.25, -0.2) is 13.2 Å². The number of fused-ring (bicyclic) bond motifs is 3. The van der Waals surface area contributed by atoms with Crippen LogP contribution in [0, 0.1) is 23.0 Å². The Bertz CT molecular complexity index is 1840. The summed E-state index contributed by atoms with van der Waals surface area (Å²) < 4.78 is 54.5. The highest BCUT2D eigenvalue weighted by Crippen LogP contribution is 2.42. The summed E-state index contributed by atoms with van der Waals surface area (Å²) in [6.45, 7) is 11.8. The van der Waals surface area contributed by atoms with E-state index in [9.17, 15) is 18.8 Å². The number of anilines is 1. The third-order valence-corrected chi connectivity index (χ3v) is 9.83. The summed E-state index contributed by atoms with van der Waals surface area (Å²) in [6, 6.07) is 4.78. The first-order chi connectivity index (χ1) is 22.6. The van der Waals surface area contributed by atoms with Gasteiger partial charge in [-0.2, -0.15) is 15.2 Å². The smallest absolute Gasteiger partial charge is 0.320 e. The molecule has 0 saturated carbocycles. The van der Waals surface area contributed by atoms with E-state index in [1.807, 2.05) is 13.0 Å². The molecule has 0 bridgehead atoms. The molecule has 3 aliphatic heterocycles. The Morgan fingerprint density at radius 2 is 1.98 bits per heavy atom. The number of halogens is 3. The van der Waals surface area contributed by atoms with Crippen LogP contribution in [0.1, 0.15) is 45.1 Å². The number of carbonyl (C=O) groups excluding carboxylic acids is 1. The molecule has 3 aromatic heterocycles. The number of carbonyl (C=O) groups is 1. The number of hydrogen-bond donors (Lipinski definition) is 1. The lowest BCUT2D eigenvalue weighted by Gasteiger charge is -2.24. The Morgan fingerprint density at radius 1 is 1.21 bits per heavy atom. The average molecular weight is 668 g/mol. The number of hydrogen-bond acceptors (Lipinski definition) is 10. The number of aromatic nitrogens is 3. The lowest BCUT2D eigenvalue weighted by atomic mass is 10.0. The van der Waals surface area contributed by atoms with Crippen LogP contribution >= 0.6 is 11.3 Å². The van der Waals surface area contributed by atoms with Crippen LogP contribution in [0.15, 0.2) is 31.5 Å². The van der Waals surface area contributed by atoms with Crippen molar-refractivity contribution in [3.05, 3.63) is 48.7 Å². The molecule has 4 aromatic rings. The summed E-state index contributed by atoms with van der Waals surface area (Å²) in [4.78, 5) is 28.5. The minimum atomic E-state index is -0.815. The Labute approximate surface area is 274 Å². The van der Waals surface area contributed by atoms with E-state index in [-0.39, 0.29) is 72.8 Å². The second kappa shape index (κ2) is 14.1. The standard InChI is InChI=1S/C24H20F2N6O3S.C7H12FN.C2H4/c1-10-16(6-7-32(10)11(2)33)35-23-14-9-29-19(18(26)20(14)30-24(31-23)34-3)12-4-5-15(25)21-17(12)13(8-27)22(28)36-21;8-6-4-7-2-1-3-9(7)5-6;1-2/h4-5,9-10,16H,6-7,28H2,1-3H3;6-7H,1-5H2;1-2H2. The summed E-state index contributed by atoms with van der Waals surface area (Å²) in [6.07, 6.45) is 4.38. The van der Waals surface area contributed by atoms with Crippen molar-refractivity contribution in [1.29, 1.82) is 5.26 Å². The minimum Gasteiger partial charge on any atom is -0.471 e. The number of methoxy groups -OCH3 is 1. The molecule has 10 nitrogen and oxygen atoms in total. The summed E-state index contributed by atoms with van der Waals surface area (Å²) in [5.74, 6) is -1.38. The normalized spacial score (nSPS) is 21.9. The average Bonchev–Trinajstić information content (AvgIpc) is 3.82. The van der Waals surface area contributed by atoms with Gasteiger partial charge in [0.15, 0.2) is 5.82 Å². The van der Waals surface area contributed by atoms with Gasteiger partial charge in [0.05, 0.1) is 28.8 Å². The number of likely N-dealkylation sites (tertiary alicyclic amines) is 1. The van der Waals surface area contributed by atoms with Crippen LogP contribution in [0.25, 0.3) is 32.2 Å². The number of nitrogen functional groups attached to an aromatic ring is 1. The Hall–Kier alpha value is -4.48. The molecular formula is C33H36F3N7O3S. The van der Waals surface area contributed by atoms with Crippen molar-refractivity contribution in [2.45, 2.75) is 63.9 Å². The van der Waals surface area contributed by atoms with Gasteiger partial charge >= 0.3 is 6.01 Å². The molecule has 47 heavy (non-hydrogen) atoms. The van der Waals surface area contributed by atoms with Gasteiger partial charge in [0.2, 0.25) is 11.8 Å². The van der Waals surface area contributed by atoms with Crippen molar-refractivity contribution in [3.63, 3.8) is 0 Å². The zero-order valence-corrected chi connectivity index (χ0v) is 27.2. The number of thiophene rings is 1. The molecule has 1 aromatic carbocycles. The molecular weight excluding hydrogens is 631 g/mol. The van der Waals surface area contributed by atoms with Gasteiger partial charge in [0.25, 0.3) is 0 Å². The summed E-state index contributed by atoms with van der Waals surface area (Å²) in [5.41, 5.74) is 5.93.